The van der Waals surface area contributed by atoms with Gasteiger partial charge in [-0.05, 0) is 25.5 Å². The number of benzene rings is 1. The van der Waals surface area contributed by atoms with Gasteiger partial charge in [-0.2, -0.15) is 0 Å². The Hall–Kier alpha value is -2.04. The van der Waals surface area contributed by atoms with Gasteiger partial charge in [0.05, 0.1) is 0 Å². The molecule has 1 aromatic rings. The van der Waals surface area contributed by atoms with Crippen molar-refractivity contribution in [2.45, 2.75) is 13.8 Å². The molecule has 0 radical (unpaired) electrons. The Kier molecular flexibility index (Phi) is 3.88. The summed E-state index contributed by atoms with van der Waals surface area (Å²) in [5, 5.41) is 2.33. The largest absolute Gasteiger partial charge is 0.340 e. The van der Waals surface area contributed by atoms with Crippen LogP contribution >= 0.6 is 0 Å². The minimum Gasteiger partial charge on any atom is -0.340 e. The van der Waals surface area contributed by atoms with Crippen LogP contribution in [0.5, 0.6) is 0 Å². The summed E-state index contributed by atoms with van der Waals surface area (Å²) in [5.74, 6) is -0.332. The fourth-order valence-corrected chi connectivity index (χ4v) is 1.31. The first-order valence-electron chi connectivity index (χ1n) is 4.90. The molecule has 0 saturated carbocycles. The van der Waals surface area contributed by atoms with E-state index >= 15 is 0 Å². The van der Waals surface area contributed by atoms with E-state index in [1.54, 1.807) is 6.07 Å². The van der Waals surface area contributed by atoms with Gasteiger partial charge in [0.2, 0.25) is 0 Å². The normalized spacial score (nSPS) is 9.44. The van der Waals surface area contributed by atoms with Crippen molar-refractivity contribution in [3.05, 3.63) is 34.9 Å². The number of amides is 3. The highest BCUT2D eigenvalue weighted by Crippen LogP contribution is 2.09. The number of aryl methyl sites for hydroxylation is 2. The molecule has 0 aromatic heterocycles. The van der Waals surface area contributed by atoms with Crippen molar-refractivity contribution in [1.29, 1.82) is 0 Å². The summed E-state index contributed by atoms with van der Waals surface area (Å²) in [6.45, 7) is 3.80. The van der Waals surface area contributed by atoms with Gasteiger partial charge in [0.1, 0.15) is 0 Å². The molecule has 0 heterocycles. The van der Waals surface area contributed by atoms with E-state index < -0.39 is 6.03 Å². The molecule has 0 aliphatic rings. The zero-order chi connectivity index (χ0) is 12.1. The number of rotatable bonds is 1. The van der Waals surface area contributed by atoms with Gasteiger partial charge in [0.15, 0.2) is 0 Å². The first kappa shape index (κ1) is 12.0. The van der Waals surface area contributed by atoms with Crippen molar-refractivity contribution in [2.75, 3.05) is 7.05 Å². The predicted octanol–water partition coefficient (Wildman–Crippen LogP) is 0.877. The molecule has 3 amide bonds. The number of hydrogen-bond acceptors (Lipinski definition) is 2. The minimum absolute atomic E-state index is 0.332. The maximum absolute atomic E-state index is 11.6. The fourth-order valence-electron chi connectivity index (χ4n) is 1.31. The van der Waals surface area contributed by atoms with Gasteiger partial charge in [-0.25, -0.2) is 10.2 Å². The molecule has 3 N–H and O–H groups in total. The second kappa shape index (κ2) is 5.16. The minimum atomic E-state index is -0.460. The topological polar surface area (TPSA) is 70.2 Å². The lowest BCUT2D eigenvalue weighted by Gasteiger charge is -2.09. The van der Waals surface area contributed by atoms with Crippen LogP contribution in [0.2, 0.25) is 0 Å². The Balaban J connectivity index is 2.70. The summed E-state index contributed by atoms with van der Waals surface area (Å²) < 4.78 is 0. The van der Waals surface area contributed by atoms with Crippen LogP contribution < -0.4 is 16.2 Å². The summed E-state index contributed by atoms with van der Waals surface area (Å²) in [6, 6.07) is 5.03. The molecule has 1 rings (SSSR count). The van der Waals surface area contributed by atoms with Crippen LogP contribution in [0, 0.1) is 13.8 Å². The molecule has 16 heavy (non-hydrogen) atoms. The summed E-state index contributed by atoms with van der Waals surface area (Å²) in [7, 11) is 1.47. The molecule has 0 unspecified atom stereocenters. The van der Waals surface area contributed by atoms with Crippen molar-refractivity contribution in [3.8, 4) is 0 Å². The SMILES string of the molecule is CNC(=O)NNC(=O)c1ccc(C)cc1C. The fraction of sp³-hybridized carbons (Fsp3) is 0.273. The quantitative estimate of drug-likeness (QED) is 0.616. The van der Waals surface area contributed by atoms with Gasteiger partial charge >= 0.3 is 6.03 Å². The van der Waals surface area contributed by atoms with Gasteiger partial charge in [0.25, 0.3) is 5.91 Å². The Labute approximate surface area is 94.2 Å². The molecular formula is C11H15N3O2. The molecule has 0 atom stereocenters. The van der Waals surface area contributed by atoms with E-state index in [-0.39, 0.29) is 5.91 Å². The Morgan fingerprint density at radius 3 is 2.38 bits per heavy atom. The number of urea groups is 1. The first-order valence-corrected chi connectivity index (χ1v) is 4.90. The van der Waals surface area contributed by atoms with E-state index in [1.807, 2.05) is 26.0 Å². The average Bonchev–Trinajstić information content (AvgIpc) is 2.25. The van der Waals surface area contributed by atoms with Crippen LogP contribution in [0.1, 0.15) is 21.5 Å². The van der Waals surface area contributed by atoms with Crippen LogP contribution in [0.3, 0.4) is 0 Å². The van der Waals surface area contributed by atoms with Crippen molar-refractivity contribution >= 4 is 11.9 Å². The zero-order valence-corrected chi connectivity index (χ0v) is 9.55. The summed E-state index contributed by atoms with van der Waals surface area (Å²) in [6.07, 6.45) is 0. The Morgan fingerprint density at radius 2 is 1.81 bits per heavy atom. The lowest BCUT2D eigenvalue weighted by Crippen LogP contribution is -2.45. The van der Waals surface area contributed by atoms with Gasteiger partial charge in [-0.1, -0.05) is 17.7 Å². The van der Waals surface area contributed by atoms with E-state index in [9.17, 15) is 9.59 Å². The van der Waals surface area contributed by atoms with E-state index in [2.05, 4.69) is 16.2 Å². The van der Waals surface area contributed by atoms with Crippen LogP contribution in [0.15, 0.2) is 18.2 Å². The molecule has 0 fully saturated rings. The molecule has 1 aromatic carbocycles. The Morgan fingerprint density at radius 1 is 1.12 bits per heavy atom. The van der Waals surface area contributed by atoms with E-state index in [4.69, 9.17) is 0 Å². The molecular weight excluding hydrogens is 206 g/mol. The van der Waals surface area contributed by atoms with Crippen molar-refractivity contribution in [3.63, 3.8) is 0 Å². The van der Waals surface area contributed by atoms with Crippen LogP contribution in [0.4, 0.5) is 4.79 Å². The first-order chi connectivity index (χ1) is 7.54. The van der Waals surface area contributed by atoms with E-state index in [0.29, 0.717) is 5.56 Å². The summed E-state index contributed by atoms with van der Waals surface area (Å²) >= 11 is 0. The number of hydrazine groups is 1. The summed E-state index contributed by atoms with van der Waals surface area (Å²) in [5.41, 5.74) is 7.04. The monoisotopic (exact) mass is 221 g/mol. The highest BCUT2D eigenvalue weighted by molar-refractivity contribution is 5.96. The average molecular weight is 221 g/mol. The highest BCUT2D eigenvalue weighted by atomic mass is 16.2. The molecule has 0 spiro atoms. The second-order valence-electron chi connectivity index (χ2n) is 3.48. The van der Waals surface area contributed by atoms with Gasteiger partial charge in [0, 0.05) is 12.6 Å². The molecule has 5 heteroatoms. The van der Waals surface area contributed by atoms with Gasteiger partial charge in [-0.15, -0.1) is 0 Å². The molecule has 0 aliphatic carbocycles. The van der Waals surface area contributed by atoms with E-state index in [1.165, 1.54) is 7.05 Å². The third-order valence-corrected chi connectivity index (χ3v) is 2.14. The number of carbonyl (C=O) groups excluding carboxylic acids is 2. The third kappa shape index (κ3) is 2.98. The number of carbonyl (C=O) groups is 2. The smallest absolute Gasteiger partial charge is 0.333 e. The lowest BCUT2D eigenvalue weighted by atomic mass is 10.1. The predicted molar refractivity (Wildman–Crippen MR) is 61.0 cm³/mol. The standard InChI is InChI=1S/C11H15N3O2/c1-7-4-5-9(8(2)6-7)10(15)13-14-11(16)12-3/h4-6H,1-3H3,(H,13,15)(H2,12,14,16). The lowest BCUT2D eigenvalue weighted by molar-refractivity contribution is 0.0936. The number of nitrogens with one attached hydrogen (secondary N) is 3. The van der Waals surface area contributed by atoms with Crippen molar-refractivity contribution in [1.82, 2.24) is 16.2 Å². The van der Waals surface area contributed by atoms with Crippen molar-refractivity contribution in [2.24, 2.45) is 0 Å². The van der Waals surface area contributed by atoms with Crippen LogP contribution in [0.25, 0.3) is 0 Å². The maximum Gasteiger partial charge on any atom is 0.333 e. The maximum atomic E-state index is 11.6. The molecule has 0 aliphatic heterocycles. The zero-order valence-electron chi connectivity index (χ0n) is 9.55. The molecule has 5 nitrogen and oxygen atoms in total. The molecule has 0 saturated heterocycles. The molecule has 86 valence electrons. The number of hydrogen-bond donors (Lipinski definition) is 3. The van der Waals surface area contributed by atoms with Gasteiger partial charge in [-0.3, -0.25) is 10.2 Å². The third-order valence-electron chi connectivity index (χ3n) is 2.14. The molecule has 0 bridgehead atoms. The van der Waals surface area contributed by atoms with Crippen LogP contribution in [-0.2, 0) is 0 Å². The Bertz CT molecular complexity index is 416. The van der Waals surface area contributed by atoms with Gasteiger partial charge < -0.3 is 5.32 Å². The highest BCUT2D eigenvalue weighted by Gasteiger charge is 2.08. The van der Waals surface area contributed by atoms with E-state index in [0.717, 1.165) is 11.1 Å². The summed E-state index contributed by atoms with van der Waals surface area (Å²) in [4.78, 5) is 22.5. The second-order valence-corrected chi connectivity index (χ2v) is 3.48. The van der Waals surface area contributed by atoms with Crippen molar-refractivity contribution < 1.29 is 9.59 Å². The van der Waals surface area contributed by atoms with Crippen LogP contribution in [-0.4, -0.2) is 19.0 Å².